The van der Waals surface area contributed by atoms with Gasteiger partial charge >= 0.3 is 5.97 Å². The molecule has 2 aromatic rings. The molecule has 1 N–H and O–H groups in total. The number of hydrogen-bond acceptors (Lipinski definition) is 5. The van der Waals surface area contributed by atoms with Crippen LogP contribution < -0.4 is 4.74 Å². The quantitative estimate of drug-likeness (QED) is 0.711. The third-order valence-corrected chi connectivity index (χ3v) is 6.98. The van der Waals surface area contributed by atoms with E-state index in [1.54, 1.807) is 7.11 Å². The molecule has 0 radical (unpaired) electrons. The summed E-state index contributed by atoms with van der Waals surface area (Å²) in [6.45, 7) is -0.304. The number of esters is 1. The van der Waals surface area contributed by atoms with Crippen molar-refractivity contribution < 1.29 is 19.4 Å². The van der Waals surface area contributed by atoms with Crippen molar-refractivity contribution in [3.8, 4) is 5.75 Å². The second kappa shape index (κ2) is 8.78. The number of fused-ring (bicyclic) bond motifs is 2. The van der Waals surface area contributed by atoms with Crippen molar-refractivity contribution >= 4 is 5.97 Å². The lowest BCUT2D eigenvalue weighted by molar-refractivity contribution is -0.161. The first-order valence-electron chi connectivity index (χ1n) is 10.8. The van der Waals surface area contributed by atoms with Gasteiger partial charge in [-0.15, -0.1) is 0 Å². The first kappa shape index (κ1) is 20.9. The Kier molecular flexibility index (Phi) is 6.11. The Labute approximate surface area is 178 Å². The van der Waals surface area contributed by atoms with Gasteiger partial charge in [0.25, 0.3) is 0 Å². The van der Waals surface area contributed by atoms with Crippen molar-refractivity contribution in [3.05, 3.63) is 65.7 Å². The number of hydrogen-bond donors (Lipinski definition) is 1. The molecule has 30 heavy (non-hydrogen) atoms. The topological polar surface area (TPSA) is 59.0 Å². The highest BCUT2D eigenvalue weighted by molar-refractivity contribution is 5.84. The molecular weight excluding hydrogens is 378 g/mol. The molecule has 0 amide bonds. The number of carbonyl (C=O) groups excluding carboxylic acids is 1. The number of methoxy groups -OCH3 is 1. The minimum Gasteiger partial charge on any atom is -0.497 e. The first-order valence-corrected chi connectivity index (χ1v) is 10.8. The Morgan fingerprint density at radius 1 is 1.07 bits per heavy atom. The summed E-state index contributed by atoms with van der Waals surface area (Å²) in [4.78, 5) is 16.0. The monoisotopic (exact) mass is 409 g/mol. The molecule has 2 heterocycles. The van der Waals surface area contributed by atoms with E-state index in [9.17, 15) is 9.90 Å². The van der Waals surface area contributed by atoms with E-state index in [0.29, 0.717) is 18.5 Å². The summed E-state index contributed by atoms with van der Waals surface area (Å²) in [5.74, 6) is 0.429. The average molecular weight is 410 g/mol. The maximum atomic E-state index is 13.6. The van der Waals surface area contributed by atoms with E-state index >= 15 is 0 Å². The molecule has 2 aliphatic rings. The number of carbonyl (C=O) groups is 1. The third kappa shape index (κ3) is 3.96. The van der Waals surface area contributed by atoms with Gasteiger partial charge in [-0.05, 0) is 62.4 Å². The van der Waals surface area contributed by atoms with Gasteiger partial charge in [0.15, 0.2) is 0 Å². The Morgan fingerprint density at radius 3 is 2.27 bits per heavy atom. The predicted octanol–water partition coefficient (Wildman–Crippen LogP) is 3.34. The number of aliphatic hydroxyl groups is 1. The van der Waals surface area contributed by atoms with Crippen LogP contribution in [0.5, 0.6) is 5.75 Å². The molecule has 2 fully saturated rings. The molecule has 5 heteroatoms. The second-order valence-corrected chi connectivity index (χ2v) is 8.68. The van der Waals surface area contributed by atoms with Crippen LogP contribution in [0.4, 0.5) is 0 Å². The fraction of sp³-hybridized carbons (Fsp3) is 0.480. The summed E-state index contributed by atoms with van der Waals surface area (Å²) in [7, 11) is 3.80. The molecule has 2 aliphatic heterocycles. The number of ether oxygens (including phenoxy) is 2. The largest absolute Gasteiger partial charge is 0.497 e. The highest BCUT2D eigenvalue weighted by atomic mass is 16.5. The zero-order valence-electron chi connectivity index (χ0n) is 17.8. The van der Waals surface area contributed by atoms with E-state index in [-0.39, 0.29) is 18.7 Å². The maximum absolute atomic E-state index is 13.6. The van der Waals surface area contributed by atoms with Gasteiger partial charge in [-0.25, -0.2) is 0 Å². The third-order valence-electron chi connectivity index (χ3n) is 6.98. The van der Waals surface area contributed by atoms with Crippen molar-refractivity contribution in [2.45, 2.75) is 55.7 Å². The summed E-state index contributed by atoms with van der Waals surface area (Å²) >= 11 is 0. The van der Waals surface area contributed by atoms with E-state index in [1.165, 1.54) is 12.8 Å². The molecule has 160 valence electrons. The Bertz CT molecular complexity index is 839. The lowest BCUT2D eigenvalue weighted by Crippen LogP contribution is -2.48. The van der Waals surface area contributed by atoms with E-state index in [2.05, 4.69) is 11.9 Å². The Balaban J connectivity index is 1.60. The minimum absolute atomic E-state index is 0.0864. The van der Waals surface area contributed by atoms with Crippen LogP contribution in [0.1, 0.15) is 36.8 Å². The molecule has 0 aromatic heterocycles. The van der Waals surface area contributed by atoms with E-state index in [4.69, 9.17) is 9.47 Å². The van der Waals surface area contributed by atoms with Crippen LogP contribution in [-0.4, -0.2) is 54.9 Å². The number of rotatable bonds is 7. The van der Waals surface area contributed by atoms with Gasteiger partial charge in [0, 0.05) is 12.1 Å². The van der Waals surface area contributed by atoms with Crippen molar-refractivity contribution in [2.24, 2.45) is 0 Å². The van der Waals surface area contributed by atoms with Gasteiger partial charge in [0.05, 0.1) is 13.7 Å². The van der Waals surface area contributed by atoms with Crippen LogP contribution in [0.25, 0.3) is 0 Å². The van der Waals surface area contributed by atoms with Crippen LogP contribution in [-0.2, 0) is 21.4 Å². The fourth-order valence-corrected chi connectivity index (χ4v) is 5.07. The van der Waals surface area contributed by atoms with Crippen molar-refractivity contribution in [2.75, 3.05) is 20.8 Å². The SMILES string of the molecule is COc1ccc(CC(CO)(C(=O)O[C@@H]2C[C@H]3CC[C@@H](C2)N3C)c2ccccc2)cc1. The van der Waals surface area contributed by atoms with Gasteiger partial charge in [-0.2, -0.15) is 0 Å². The van der Waals surface area contributed by atoms with Crippen LogP contribution in [0, 0.1) is 0 Å². The minimum atomic E-state index is -1.13. The first-order chi connectivity index (χ1) is 14.6. The van der Waals surface area contributed by atoms with Crippen LogP contribution in [0.3, 0.4) is 0 Å². The Hall–Kier alpha value is -2.37. The van der Waals surface area contributed by atoms with Crippen molar-refractivity contribution in [1.29, 1.82) is 0 Å². The van der Waals surface area contributed by atoms with Gasteiger partial charge in [-0.1, -0.05) is 42.5 Å². The summed E-state index contributed by atoms with van der Waals surface area (Å²) < 4.78 is 11.3. The van der Waals surface area contributed by atoms with Crippen LogP contribution in [0.2, 0.25) is 0 Å². The van der Waals surface area contributed by atoms with Gasteiger partial charge in [0.2, 0.25) is 0 Å². The average Bonchev–Trinajstić information content (AvgIpc) is 2.99. The molecule has 4 atom stereocenters. The summed E-state index contributed by atoms with van der Waals surface area (Å²) in [5.41, 5.74) is 0.608. The molecule has 4 rings (SSSR count). The summed E-state index contributed by atoms with van der Waals surface area (Å²) in [6, 6.07) is 18.1. The predicted molar refractivity (Wildman–Crippen MR) is 116 cm³/mol. The number of aliphatic hydroxyl groups excluding tert-OH is 1. The lowest BCUT2D eigenvalue weighted by Gasteiger charge is -2.38. The molecule has 1 unspecified atom stereocenters. The highest BCUT2D eigenvalue weighted by Gasteiger charge is 2.45. The molecule has 0 spiro atoms. The lowest BCUT2D eigenvalue weighted by atomic mass is 9.76. The molecule has 5 nitrogen and oxygen atoms in total. The normalized spacial score (nSPS) is 25.5. The molecule has 2 aromatic carbocycles. The van der Waals surface area contributed by atoms with Gasteiger partial charge < -0.3 is 19.5 Å². The molecule has 0 saturated carbocycles. The number of benzene rings is 2. The van der Waals surface area contributed by atoms with Crippen LogP contribution >= 0.6 is 0 Å². The molecule has 2 bridgehead atoms. The number of piperidine rings is 1. The zero-order chi connectivity index (χ0) is 21.1. The smallest absolute Gasteiger partial charge is 0.319 e. The van der Waals surface area contributed by atoms with E-state index < -0.39 is 5.41 Å². The summed E-state index contributed by atoms with van der Waals surface area (Å²) in [5, 5.41) is 10.5. The van der Waals surface area contributed by atoms with Gasteiger partial charge in [0.1, 0.15) is 17.3 Å². The number of nitrogens with zero attached hydrogens (tertiary/aromatic N) is 1. The van der Waals surface area contributed by atoms with E-state index in [1.807, 2.05) is 54.6 Å². The van der Waals surface area contributed by atoms with Crippen LogP contribution in [0.15, 0.2) is 54.6 Å². The standard InChI is InChI=1S/C25H31NO4/c1-26-20-10-11-21(26)15-23(14-20)30-24(28)25(17-27,19-6-4-3-5-7-19)16-18-8-12-22(29-2)13-9-18/h3-9,12-13,20-21,23,27H,10-11,14-17H2,1-2H3/t20-,21+,23-,25?. The molecular formula is C25H31NO4. The second-order valence-electron chi connectivity index (χ2n) is 8.68. The van der Waals surface area contributed by atoms with E-state index in [0.717, 1.165) is 29.7 Å². The highest BCUT2D eigenvalue weighted by Crippen LogP contribution is 2.37. The fourth-order valence-electron chi connectivity index (χ4n) is 5.07. The van der Waals surface area contributed by atoms with Crippen molar-refractivity contribution in [1.82, 2.24) is 4.90 Å². The Morgan fingerprint density at radius 2 is 1.70 bits per heavy atom. The molecule has 0 aliphatic carbocycles. The maximum Gasteiger partial charge on any atom is 0.319 e. The summed E-state index contributed by atoms with van der Waals surface area (Å²) in [6.07, 6.45) is 4.37. The zero-order valence-corrected chi connectivity index (χ0v) is 17.8. The molecule has 2 saturated heterocycles. The van der Waals surface area contributed by atoms with Crippen molar-refractivity contribution in [3.63, 3.8) is 0 Å². The van der Waals surface area contributed by atoms with Gasteiger partial charge in [-0.3, -0.25) is 4.79 Å².